The fourth-order valence-corrected chi connectivity index (χ4v) is 7.89. The SMILES string of the molecule is Cc1cccc(-c2[nH]c(CN(CC3CC3)C(=O)OCc3ccc(NC(=O)[C@H](CCCNC(N)=O)NC(=O)C(NC(=O)CCCCCN4C(=O)C=CC4=O)C(C)C)cc3)nc2-c2ccc3ncnn3c2)n1. The Bertz CT molecular complexity index is 2710. The number of carbonyl (C=O) groups excluding carboxylic acids is 7. The van der Waals surface area contributed by atoms with Crippen molar-refractivity contribution in [2.75, 3.05) is 25.0 Å². The molecule has 0 saturated heterocycles. The summed E-state index contributed by atoms with van der Waals surface area (Å²) in [6, 6.07) is 13.6. The molecule has 4 aromatic heterocycles. The number of benzene rings is 1. The van der Waals surface area contributed by atoms with Gasteiger partial charge in [0, 0.05) is 61.3 Å². The standard InChI is InChI=1S/C49H59N13O8/c1-30(2)43(59-40(63)12-5-4-6-24-61-41(64)21-22-42(61)65)47(67)56-37(11-8-23-51-48(50)68)46(66)55-35-18-15-33(16-19-35)28-70-49(69)60(25-32-13-14-32)27-38-57-44(34-17-20-39-52-29-53-62(39)26-34)45(58-38)36-10-7-9-31(3)54-36/h7,9-10,15-22,26,29-30,32,37,43H,4-6,8,11-14,23-25,27-28H2,1-3H3,(H,55,66)(H,56,67)(H,57,58)(H,59,63)(H3,50,51,68)/t37-,43?/m0/s1. The Balaban J connectivity index is 0.943. The predicted octanol–water partition coefficient (Wildman–Crippen LogP) is 4.54. The van der Waals surface area contributed by atoms with Gasteiger partial charge in [-0.1, -0.05) is 38.5 Å². The first-order valence-electron chi connectivity index (χ1n) is 23.5. The molecule has 1 saturated carbocycles. The van der Waals surface area contributed by atoms with Gasteiger partial charge in [0.15, 0.2) is 5.65 Å². The van der Waals surface area contributed by atoms with E-state index in [4.69, 9.17) is 20.4 Å². The number of ether oxygens (including phenoxy) is 1. The Kier molecular flexibility index (Phi) is 16.7. The van der Waals surface area contributed by atoms with E-state index in [9.17, 15) is 33.6 Å². The summed E-state index contributed by atoms with van der Waals surface area (Å²) < 4.78 is 7.51. The van der Waals surface area contributed by atoms with Crippen LogP contribution in [0, 0.1) is 18.8 Å². The molecule has 21 heteroatoms. The molecule has 5 aromatic rings. The fraction of sp³-hybridized carbons (Fsp3) is 0.408. The van der Waals surface area contributed by atoms with Crippen LogP contribution in [0.3, 0.4) is 0 Å². The average molecular weight is 958 g/mol. The lowest BCUT2D eigenvalue weighted by atomic mass is 10.0. The lowest BCUT2D eigenvalue weighted by Gasteiger charge is -2.25. The van der Waals surface area contributed by atoms with Gasteiger partial charge in [-0.05, 0) is 99.2 Å². The molecular formula is C49H59N13O8. The molecule has 21 nitrogen and oxygen atoms in total. The molecule has 0 spiro atoms. The van der Waals surface area contributed by atoms with Gasteiger partial charge in [-0.25, -0.2) is 24.1 Å². The van der Waals surface area contributed by atoms with Crippen molar-refractivity contribution in [2.24, 2.45) is 17.6 Å². The molecular weight excluding hydrogens is 899 g/mol. The number of nitrogens with zero attached hydrogens (tertiary/aromatic N) is 7. The molecule has 1 fully saturated rings. The quantitative estimate of drug-likeness (QED) is 0.0368. The van der Waals surface area contributed by atoms with Crippen LogP contribution in [0.15, 0.2) is 79.3 Å². The van der Waals surface area contributed by atoms with E-state index in [1.165, 1.54) is 18.5 Å². The van der Waals surface area contributed by atoms with Crippen molar-refractivity contribution in [1.82, 2.24) is 55.3 Å². The third kappa shape index (κ3) is 13.8. The number of unbranched alkanes of at least 4 members (excludes halogenated alkanes) is 2. The van der Waals surface area contributed by atoms with Gasteiger partial charge in [0.05, 0.1) is 23.6 Å². The van der Waals surface area contributed by atoms with Crippen LogP contribution in [-0.2, 0) is 41.9 Å². The number of hydrogen-bond donors (Lipinski definition) is 6. The number of rotatable bonds is 24. The highest BCUT2D eigenvalue weighted by Gasteiger charge is 2.31. The number of aromatic nitrogens is 6. The Morgan fingerprint density at radius 3 is 2.40 bits per heavy atom. The summed E-state index contributed by atoms with van der Waals surface area (Å²) in [7, 11) is 0. The smallest absolute Gasteiger partial charge is 0.410 e. The van der Waals surface area contributed by atoms with Gasteiger partial charge in [0.25, 0.3) is 11.8 Å². The second-order valence-corrected chi connectivity index (χ2v) is 17.9. The van der Waals surface area contributed by atoms with Crippen LogP contribution < -0.4 is 27.0 Å². The molecule has 5 heterocycles. The van der Waals surface area contributed by atoms with Crippen LogP contribution in [0.25, 0.3) is 28.3 Å². The normalized spacial score (nSPS) is 14.1. The fourth-order valence-electron chi connectivity index (χ4n) is 7.89. The van der Waals surface area contributed by atoms with E-state index in [2.05, 4.69) is 36.3 Å². The average Bonchev–Trinajstić information content (AvgIpc) is 3.69. The topological polar surface area (TPSA) is 281 Å². The van der Waals surface area contributed by atoms with Gasteiger partial charge in [-0.2, -0.15) is 5.10 Å². The molecule has 7 N–H and O–H groups in total. The maximum Gasteiger partial charge on any atom is 0.410 e. The molecule has 0 bridgehead atoms. The van der Waals surface area contributed by atoms with Gasteiger partial charge >= 0.3 is 12.1 Å². The summed E-state index contributed by atoms with van der Waals surface area (Å²) in [5.74, 6) is -1.56. The monoisotopic (exact) mass is 957 g/mol. The van der Waals surface area contributed by atoms with Crippen molar-refractivity contribution >= 4 is 53.0 Å². The third-order valence-corrected chi connectivity index (χ3v) is 11.9. The molecule has 0 radical (unpaired) electrons. The minimum Gasteiger partial charge on any atom is -0.445 e. The van der Waals surface area contributed by atoms with Gasteiger partial charge in [0.1, 0.15) is 30.8 Å². The third-order valence-electron chi connectivity index (χ3n) is 11.9. The summed E-state index contributed by atoms with van der Waals surface area (Å²) >= 11 is 0. The Hall–Kier alpha value is -7.97. The molecule has 1 aromatic carbocycles. The van der Waals surface area contributed by atoms with Crippen LogP contribution in [0.5, 0.6) is 0 Å². The largest absolute Gasteiger partial charge is 0.445 e. The van der Waals surface area contributed by atoms with E-state index < -0.39 is 36.0 Å². The molecule has 7 rings (SSSR count). The van der Waals surface area contributed by atoms with E-state index >= 15 is 0 Å². The van der Waals surface area contributed by atoms with Gasteiger partial charge in [-0.15, -0.1) is 0 Å². The van der Waals surface area contributed by atoms with Gasteiger partial charge in [0.2, 0.25) is 17.7 Å². The summed E-state index contributed by atoms with van der Waals surface area (Å²) in [6.07, 6.45) is 9.47. The molecule has 8 amide bonds. The number of fused-ring (bicyclic) bond motifs is 1. The number of H-pyrrole nitrogens is 1. The van der Waals surface area contributed by atoms with E-state index in [0.717, 1.165) is 29.0 Å². The first-order chi connectivity index (χ1) is 33.7. The minimum atomic E-state index is -1.05. The van der Waals surface area contributed by atoms with Gasteiger partial charge < -0.3 is 41.6 Å². The maximum absolute atomic E-state index is 13.7. The van der Waals surface area contributed by atoms with E-state index in [1.807, 2.05) is 43.5 Å². The second kappa shape index (κ2) is 23.4. The summed E-state index contributed by atoms with van der Waals surface area (Å²) in [5, 5.41) is 15.2. The van der Waals surface area contributed by atoms with E-state index in [0.29, 0.717) is 78.0 Å². The highest BCUT2D eigenvalue weighted by atomic mass is 16.6. The van der Waals surface area contributed by atoms with Crippen molar-refractivity contribution in [3.05, 3.63) is 96.4 Å². The number of carbonyl (C=O) groups is 7. The van der Waals surface area contributed by atoms with Crippen LogP contribution in [0.1, 0.15) is 82.3 Å². The van der Waals surface area contributed by atoms with Gasteiger partial charge in [-0.3, -0.25) is 33.9 Å². The zero-order valence-electron chi connectivity index (χ0n) is 39.5. The van der Waals surface area contributed by atoms with E-state index in [1.54, 1.807) is 47.5 Å². The van der Waals surface area contributed by atoms with Crippen molar-refractivity contribution in [1.29, 1.82) is 0 Å². The van der Waals surface area contributed by atoms with E-state index in [-0.39, 0.29) is 62.7 Å². The van der Waals surface area contributed by atoms with Crippen LogP contribution >= 0.6 is 0 Å². The number of pyridine rings is 2. The zero-order chi connectivity index (χ0) is 49.7. The zero-order valence-corrected chi connectivity index (χ0v) is 39.5. The number of anilines is 1. The number of aromatic amines is 1. The Morgan fingerprint density at radius 2 is 1.69 bits per heavy atom. The highest BCUT2D eigenvalue weighted by molar-refractivity contribution is 6.12. The first-order valence-corrected chi connectivity index (χ1v) is 23.5. The lowest BCUT2D eigenvalue weighted by Crippen LogP contribution is -2.54. The second-order valence-electron chi connectivity index (χ2n) is 17.9. The van der Waals surface area contributed by atoms with Crippen molar-refractivity contribution in [3.8, 4) is 22.6 Å². The lowest BCUT2D eigenvalue weighted by molar-refractivity contribution is -0.137. The molecule has 2 aliphatic rings. The number of amides is 8. The number of nitrogens with two attached hydrogens (primary N) is 1. The summed E-state index contributed by atoms with van der Waals surface area (Å²) in [6.45, 7) is 6.51. The Labute approximate surface area is 404 Å². The Morgan fingerprint density at radius 1 is 0.914 bits per heavy atom. The number of nitrogens with one attached hydrogen (secondary N) is 5. The van der Waals surface area contributed by atoms with Crippen molar-refractivity contribution in [2.45, 2.75) is 97.4 Å². The number of imidazole rings is 1. The molecule has 1 unspecified atom stereocenters. The number of hydrogen-bond acceptors (Lipinski definition) is 12. The molecule has 368 valence electrons. The number of urea groups is 1. The molecule has 70 heavy (non-hydrogen) atoms. The van der Waals surface area contributed by atoms with Crippen LogP contribution in [-0.4, -0.2) is 113 Å². The number of imide groups is 1. The summed E-state index contributed by atoms with van der Waals surface area (Å²) in [5.41, 5.74) is 10.7. The number of primary amides is 1. The van der Waals surface area contributed by atoms with Crippen LogP contribution in [0.2, 0.25) is 0 Å². The minimum absolute atomic E-state index is 0.0415. The van der Waals surface area contributed by atoms with Crippen molar-refractivity contribution in [3.63, 3.8) is 0 Å². The number of aryl methyl sites for hydroxylation is 1. The molecule has 2 atom stereocenters. The molecule has 1 aliphatic heterocycles. The van der Waals surface area contributed by atoms with Crippen LogP contribution in [0.4, 0.5) is 15.3 Å². The summed E-state index contributed by atoms with van der Waals surface area (Å²) in [4.78, 5) is 109. The molecule has 1 aliphatic carbocycles. The maximum atomic E-state index is 13.7. The highest BCUT2D eigenvalue weighted by Crippen LogP contribution is 2.32. The predicted molar refractivity (Wildman–Crippen MR) is 257 cm³/mol. The first kappa shape index (κ1) is 49.9. The van der Waals surface area contributed by atoms with Crippen molar-refractivity contribution < 1.29 is 38.3 Å².